The molecule has 0 bridgehead atoms. The molecule has 3 heterocycles. The highest BCUT2D eigenvalue weighted by Gasteiger charge is 2.28. The summed E-state index contributed by atoms with van der Waals surface area (Å²) in [4.78, 5) is 4.03. The Morgan fingerprint density at radius 2 is 2.33 bits per heavy atom. The average Bonchev–Trinajstić information content (AvgIpc) is 2.83. The van der Waals surface area contributed by atoms with E-state index < -0.39 is 0 Å². The highest BCUT2D eigenvalue weighted by molar-refractivity contribution is 5.34. The van der Waals surface area contributed by atoms with E-state index >= 15 is 0 Å². The monoisotopic (exact) mass is 203 g/mol. The van der Waals surface area contributed by atoms with E-state index in [-0.39, 0.29) is 0 Å². The third-order valence-corrected chi connectivity index (χ3v) is 3.09. The van der Waals surface area contributed by atoms with Crippen LogP contribution < -0.4 is 5.32 Å². The van der Waals surface area contributed by atoms with Gasteiger partial charge in [-0.15, -0.1) is 10.2 Å². The molecule has 1 fully saturated rings. The Morgan fingerprint density at radius 1 is 1.40 bits per heavy atom. The van der Waals surface area contributed by atoms with Crippen LogP contribution in [0.25, 0.3) is 5.65 Å². The normalized spacial score (nSPS) is 26.2. The molecule has 2 aromatic rings. The minimum absolute atomic E-state index is 0.461. The SMILES string of the molecule is C[C@@H]1CNC[C@H]1c1nnc2cnccn12. The maximum absolute atomic E-state index is 4.26. The van der Waals surface area contributed by atoms with Gasteiger partial charge in [-0.05, 0) is 12.5 Å². The number of rotatable bonds is 1. The molecule has 0 unspecified atom stereocenters. The molecule has 0 radical (unpaired) electrons. The van der Waals surface area contributed by atoms with Gasteiger partial charge in [0.15, 0.2) is 5.65 Å². The Morgan fingerprint density at radius 3 is 3.13 bits per heavy atom. The first-order valence-corrected chi connectivity index (χ1v) is 5.21. The molecule has 78 valence electrons. The smallest absolute Gasteiger partial charge is 0.179 e. The van der Waals surface area contributed by atoms with Crippen molar-refractivity contribution in [2.45, 2.75) is 12.8 Å². The van der Waals surface area contributed by atoms with E-state index in [1.54, 1.807) is 12.4 Å². The summed E-state index contributed by atoms with van der Waals surface area (Å²) in [5.74, 6) is 2.12. The van der Waals surface area contributed by atoms with Gasteiger partial charge in [0.1, 0.15) is 5.82 Å². The zero-order valence-electron chi connectivity index (χ0n) is 8.59. The van der Waals surface area contributed by atoms with Gasteiger partial charge in [0.2, 0.25) is 0 Å². The van der Waals surface area contributed by atoms with Gasteiger partial charge in [0, 0.05) is 24.9 Å². The second kappa shape index (κ2) is 3.27. The molecule has 0 spiro atoms. The molecule has 2 atom stereocenters. The molecular weight excluding hydrogens is 190 g/mol. The summed E-state index contributed by atoms with van der Waals surface area (Å²) in [6.07, 6.45) is 5.44. The molecule has 1 saturated heterocycles. The van der Waals surface area contributed by atoms with Gasteiger partial charge in [0.05, 0.1) is 6.20 Å². The predicted molar refractivity (Wildman–Crippen MR) is 55.6 cm³/mol. The van der Waals surface area contributed by atoms with Gasteiger partial charge in [-0.25, -0.2) is 0 Å². The summed E-state index contributed by atoms with van der Waals surface area (Å²) in [5, 5.41) is 11.8. The number of hydrogen-bond donors (Lipinski definition) is 1. The number of nitrogens with one attached hydrogen (secondary N) is 1. The van der Waals surface area contributed by atoms with E-state index in [1.807, 2.05) is 10.6 Å². The van der Waals surface area contributed by atoms with Crippen LogP contribution in [0.5, 0.6) is 0 Å². The Balaban J connectivity index is 2.10. The van der Waals surface area contributed by atoms with Gasteiger partial charge < -0.3 is 5.32 Å². The molecule has 0 amide bonds. The summed E-state index contributed by atoms with van der Waals surface area (Å²) in [6.45, 7) is 4.29. The Bertz CT molecular complexity index is 477. The lowest BCUT2D eigenvalue weighted by atomic mass is 9.97. The Hall–Kier alpha value is -1.49. The van der Waals surface area contributed by atoms with E-state index in [2.05, 4.69) is 27.4 Å². The topological polar surface area (TPSA) is 55.1 Å². The molecule has 15 heavy (non-hydrogen) atoms. The van der Waals surface area contributed by atoms with Crippen molar-refractivity contribution in [3.63, 3.8) is 0 Å². The summed E-state index contributed by atoms with van der Waals surface area (Å²) in [6, 6.07) is 0. The Labute approximate surface area is 87.5 Å². The van der Waals surface area contributed by atoms with Crippen LogP contribution in [0.1, 0.15) is 18.7 Å². The molecule has 1 N–H and O–H groups in total. The van der Waals surface area contributed by atoms with Crippen LogP contribution in [0.4, 0.5) is 0 Å². The maximum Gasteiger partial charge on any atom is 0.179 e. The van der Waals surface area contributed by atoms with Crippen LogP contribution in [-0.4, -0.2) is 32.7 Å². The quantitative estimate of drug-likeness (QED) is 0.731. The molecule has 5 heteroatoms. The van der Waals surface area contributed by atoms with Crippen LogP contribution in [0, 0.1) is 5.92 Å². The van der Waals surface area contributed by atoms with Crippen LogP contribution >= 0.6 is 0 Å². The van der Waals surface area contributed by atoms with Crippen molar-refractivity contribution in [2.24, 2.45) is 5.92 Å². The first-order valence-electron chi connectivity index (χ1n) is 5.21. The van der Waals surface area contributed by atoms with Crippen molar-refractivity contribution in [2.75, 3.05) is 13.1 Å². The lowest BCUT2D eigenvalue weighted by Gasteiger charge is -2.11. The Kier molecular flexibility index (Phi) is 1.92. The van der Waals surface area contributed by atoms with Gasteiger partial charge in [-0.3, -0.25) is 9.38 Å². The van der Waals surface area contributed by atoms with Crippen LogP contribution in [0.15, 0.2) is 18.6 Å². The zero-order valence-corrected chi connectivity index (χ0v) is 8.59. The predicted octanol–water partition coefficient (Wildman–Crippen LogP) is 0.447. The highest BCUT2D eigenvalue weighted by Crippen LogP contribution is 2.26. The van der Waals surface area contributed by atoms with Crippen molar-refractivity contribution in [1.82, 2.24) is 24.9 Å². The van der Waals surface area contributed by atoms with Crippen LogP contribution in [0.3, 0.4) is 0 Å². The lowest BCUT2D eigenvalue weighted by Crippen LogP contribution is -2.11. The molecule has 1 aliphatic rings. The molecule has 2 aromatic heterocycles. The second-order valence-corrected chi connectivity index (χ2v) is 4.10. The summed E-state index contributed by atoms with van der Waals surface area (Å²) in [5.41, 5.74) is 0.826. The van der Waals surface area contributed by atoms with Gasteiger partial charge in [0.25, 0.3) is 0 Å². The molecule has 0 saturated carbocycles. The highest BCUT2D eigenvalue weighted by atomic mass is 15.3. The molecule has 1 aliphatic heterocycles. The minimum atomic E-state index is 0.461. The second-order valence-electron chi connectivity index (χ2n) is 4.10. The summed E-state index contributed by atoms with van der Waals surface area (Å²) >= 11 is 0. The van der Waals surface area contributed by atoms with Crippen molar-refractivity contribution in [3.8, 4) is 0 Å². The minimum Gasteiger partial charge on any atom is -0.316 e. The standard InChI is InChI=1S/C10H13N5/c1-7-4-12-5-8(7)10-14-13-9-6-11-2-3-15(9)10/h2-3,6-8,12H,4-5H2,1H3/t7-,8-/m1/s1. The number of hydrogen-bond acceptors (Lipinski definition) is 4. The maximum atomic E-state index is 4.26. The third kappa shape index (κ3) is 1.31. The first kappa shape index (κ1) is 8.79. The molecule has 0 aromatic carbocycles. The zero-order chi connectivity index (χ0) is 10.3. The number of aromatic nitrogens is 4. The van der Waals surface area contributed by atoms with E-state index in [0.29, 0.717) is 11.8 Å². The van der Waals surface area contributed by atoms with Crippen LogP contribution in [0.2, 0.25) is 0 Å². The fraction of sp³-hybridized carbons (Fsp3) is 0.500. The van der Waals surface area contributed by atoms with Gasteiger partial charge >= 0.3 is 0 Å². The third-order valence-electron chi connectivity index (χ3n) is 3.09. The fourth-order valence-electron chi connectivity index (χ4n) is 2.18. The molecule has 0 aliphatic carbocycles. The van der Waals surface area contributed by atoms with Gasteiger partial charge in [-0.1, -0.05) is 6.92 Å². The first-order chi connectivity index (χ1) is 7.36. The van der Waals surface area contributed by atoms with Crippen molar-refractivity contribution >= 4 is 5.65 Å². The van der Waals surface area contributed by atoms with E-state index in [1.165, 1.54) is 0 Å². The van der Waals surface area contributed by atoms with Crippen molar-refractivity contribution < 1.29 is 0 Å². The fourth-order valence-corrected chi connectivity index (χ4v) is 2.18. The van der Waals surface area contributed by atoms with Crippen molar-refractivity contribution in [1.29, 1.82) is 0 Å². The van der Waals surface area contributed by atoms with Crippen molar-refractivity contribution in [3.05, 3.63) is 24.4 Å². The lowest BCUT2D eigenvalue weighted by molar-refractivity contribution is 0.541. The molecule has 3 rings (SSSR count). The van der Waals surface area contributed by atoms with Crippen LogP contribution in [-0.2, 0) is 0 Å². The van der Waals surface area contributed by atoms with E-state index in [4.69, 9.17) is 0 Å². The summed E-state index contributed by atoms with van der Waals surface area (Å²) in [7, 11) is 0. The number of nitrogens with zero attached hydrogens (tertiary/aromatic N) is 4. The summed E-state index contributed by atoms with van der Waals surface area (Å²) < 4.78 is 2.03. The van der Waals surface area contributed by atoms with E-state index in [9.17, 15) is 0 Å². The molecule has 5 nitrogen and oxygen atoms in total. The number of fused-ring (bicyclic) bond motifs is 1. The average molecular weight is 203 g/mol. The van der Waals surface area contributed by atoms with Gasteiger partial charge in [-0.2, -0.15) is 0 Å². The largest absolute Gasteiger partial charge is 0.316 e. The van der Waals surface area contributed by atoms with E-state index in [0.717, 1.165) is 24.6 Å². The molecular formula is C10H13N5.